The van der Waals surface area contributed by atoms with E-state index < -0.39 is 0 Å². The molecule has 0 aliphatic carbocycles. The quantitative estimate of drug-likeness (QED) is 0.644. The topological polar surface area (TPSA) is 52.1 Å². The van der Waals surface area contributed by atoms with Crippen LogP contribution in [-0.4, -0.2) is 10.2 Å². The van der Waals surface area contributed by atoms with Crippen LogP contribution in [0.5, 0.6) is 0 Å². The highest BCUT2D eigenvalue weighted by molar-refractivity contribution is 9.10. The van der Waals surface area contributed by atoms with Crippen molar-refractivity contribution >= 4 is 27.7 Å². The lowest BCUT2D eigenvalue weighted by Crippen LogP contribution is -1.87. The predicted molar refractivity (Wildman–Crippen MR) is 75.7 cm³/mol. The Labute approximate surface area is 126 Å². The Morgan fingerprint density at radius 2 is 2.15 bits per heavy atom. The van der Waals surface area contributed by atoms with Crippen molar-refractivity contribution < 1.29 is 13.2 Å². The van der Waals surface area contributed by atoms with Crippen LogP contribution in [0.2, 0.25) is 0 Å². The summed E-state index contributed by atoms with van der Waals surface area (Å²) in [6.45, 7) is 0. The van der Waals surface area contributed by atoms with E-state index in [0.29, 0.717) is 32.7 Å². The molecule has 20 heavy (non-hydrogen) atoms. The summed E-state index contributed by atoms with van der Waals surface area (Å²) < 4.78 is 25.0. The molecule has 0 saturated carbocycles. The molecular weight excluding hydrogens is 347 g/mol. The fourth-order valence-corrected chi connectivity index (χ4v) is 2.63. The van der Waals surface area contributed by atoms with Gasteiger partial charge < -0.3 is 8.83 Å². The molecule has 0 aliphatic rings. The average molecular weight is 355 g/mol. The molecule has 0 spiro atoms. The van der Waals surface area contributed by atoms with Gasteiger partial charge in [-0.05, 0) is 29.8 Å². The normalized spacial score (nSPS) is 10.9. The molecule has 0 bridgehead atoms. The molecule has 3 rings (SSSR count). The highest BCUT2D eigenvalue weighted by atomic mass is 79.9. The highest BCUT2D eigenvalue weighted by Gasteiger charge is 2.12. The summed E-state index contributed by atoms with van der Waals surface area (Å²) in [5.41, 5.74) is 0.580. The second kappa shape index (κ2) is 5.80. The predicted octanol–water partition coefficient (Wildman–Crippen LogP) is 4.52. The van der Waals surface area contributed by atoms with Crippen LogP contribution >= 0.6 is 27.7 Å². The van der Waals surface area contributed by atoms with Gasteiger partial charge in [-0.25, -0.2) is 4.39 Å². The van der Waals surface area contributed by atoms with Gasteiger partial charge in [-0.1, -0.05) is 33.8 Å². The van der Waals surface area contributed by atoms with Gasteiger partial charge >= 0.3 is 0 Å². The minimum Gasteiger partial charge on any atom is -0.459 e. The van der Waals surface area contributed by atoms with E-state index in [2.05, 4.69) is 26.1 Å². The van der Waals surface area contributed by atoms with Crippen LogP contribution in [0.4, 0.5) is 4.39 Å². The lowest BCUT2D eigenvalue weighted by atomic mass is 10.2. The Hall–Kier alpha value is -1.60. The van der Waals surface area contributed by atoms with E-state index in [1.54, 1.807) is 24.3 Å². The molecule has 1 aromatic carbocycles. The number of benzene rings is 1. The van der Waals surface area contributed by atoms with Crippen molar-refractivity contribution in [3.8, 4) is 11.7 Å². The first-order valence-corrected chi connectivity index (χ1v) is 7.44. The molecule has 2 aromatic heterocycles. The minimum atomic E-state index is -0.266. The molecule has 0 amide bonds. The average Bonchev–Trinajstić information content (AvgIpc) is 3.08. The number of rotatable bonds is 4. The van der Waals surface area contributed by atoms with E-state index in [1.165, 1.54) is 24.1 Å². The van der Waals surface area contributed by atoms with Gasteiger partial charge in [0, 0.05) is 10.2 Å². The molecule has 2 heterocycles. The molecule has 102 valence electrons. The largest absolute Gasteiger partial charge is 0.459 e. The Bertz CT molecular complexity index is 715. The molecule has 0 N–H and O–H groups in total. The van der Waals surface area contributed by atoms with Gasteiger partial charge in [0.2, 0.25) is 0 Å². The van der Waals surface area contributed by atoms with Crippen LogP contribution in [0.3, 0.4) is 0 Å². The summed E-state index contributed by atoms with van der Waals surface area (Å²) in [7, 11) is 0. The lowest BCUT2D eigenvalue weighted by molar-refractivity contribution is 0.447. The second-order valence-electron chi connectivity index (χ2n) is 3.87. The maximum atomic E-state index is 13.7. The van der Waals surface area contributed by atoms with Crippen molar-refractivity contribution in [2.75, 3.05) is 0 Å². The van der Waals surface area contributed by atoms with Crippen molar-refractivity contribution in [1.82, 2.24) is 10.2 Å². The maximum absolute atomic E-state index is 13.7. The molecular formula is C13H8BrFN2O2S. The van der Waals surface area contributed by atoms with Crippen molar-refractivity contribution in [3.63, 3.8) is 0 Å². The summed E-state index contributed by atoms with van der Waals surface area (Å²) in [5.74, 6) is 0.976. The van der Waals surface area contributed by atoms with Gasteiger partial charge in [-0.3, -0.25) is 0 Å². The number of hydrogen-bond donors (Lipinski definition) is 0. The van der Waals surface area contributed by atoms with Gasteiger partial charge in [0.05, 0.1) is 6.26 Å². The highest BCUT2D eigenvalue weighted by Crippen LogP contribution is 2.27. The third-order valence-corrected chi connectivity index (χ3v) is 3.87. The fourth-order valence-electron chi connectivity index (χ4n) is 1.55. The summed E-state index contributed by atoms with van der Waals surface area (Å²) >= 11 is 4.49. The Morgan fingerprint density at radius 3 is 2.90 bits per heavy atom. The van der Waals surface area contributed by atoms with Crippen LogP contribution in [-0.2, 0) is 5.75 Å². The first-order chi connectivity index (χ1) is 9.72. The molecule has 0 atom stereocenters. The molecule has 0 fully saturated rings. The van der Waals surface area contributed by atoms with Gasteiger partial charge in [-0.15, -0.1) is 10.2 Å². The van der Waals surface area contributed by atoms with Crippen LogP contribution < -0.4 is 0 Å². The number of hydrogen-bond acceptors (Lipinski definition) is 5. The van der Waals surface area contributed by atoms with Crippen LogP contribution in [0.25, 0.3) is 11.7 Å². The summed E-state index contributed by atoms with van der Waals surface area (Å²) in [6.07, 6.45) is 1.53. The summed E-state index contributed by atoms with van der Waals surface area (Å²) in [4.78, 5) is 0. The minimum absolute atomic E-state index is 0.266. The van der Waals surface area contributed by atoms with Crippen LogP contribution in [0.1, 0.15) is 5.56 Å². The number of thioether (sulfide) groups is 1. The zero-order valence-corrected chi connectivity index (χ0v) is 12.4. The van der Waals surface area contributed by atoms with E-state index in [-0.39, 0.29) is 5.82 Å². The van der Waals surface area contributed by atoms with Crippen LogP contribution in [0.15, 0.2) is 55.1 Å². The van der Waals surface area contributed by atoms with Crippen molar-refractivity contribution in [2.45, 2.75) is 11.0 Å². The number of halogens is 2. The first kappa shape index (κ1) is 13.4. The van der Waals surface area contributed by atoms with Gasteiger partial charge in [0.25, 0.3) is 11.1 Å². The van der Waals surface area contributed by atoms with Crippen molar-refractivity contribution in [3.05, 3.63) is 52.4 Å². The summed E-state index contributed by atoms with van der Waals surface area (Å²) in [5, 5.41) is 8.14. The lowest BCUT2D eigenvalue weighted by Gasteiger charge is -2.00. The zero-order valence-electron chi connectivity index (χ0n) is 10.0. The number of nitrogens with zero attached hydrogens (tertiary/aromatic N) is 2. The first-order valence-electron chi connectivity index (χ1n) is 5.66. The number of furan rings is 1. The van der Waals surface area contributed by atoms with E-state index in [0.717, 1.165) is 0 Å². The second-order valence-corrected chi connectivity index (χ2v) is 5.72. The summed E-state index contributed by atoms with van der Waals surface area (Å²) in [6, 6.07) is 8.41. The van der Waals surface area contributed by atoms with E-state index in [4.69, 9.17) is 8.83 Å². The van der Waals surface area contributed by atoms with Crippen molar-refractivity contribution in [2.24, 2.45) is 0 Å². The molecule has 0 radical (unpaired) electrons. The number of aromatic nitrogens is 2. The molecule has 7 heteroatoms. The zero-order chi connectivity index (χ0) is 13.9. The van der Waals surface area contributed by atoms with Gasteiger partial charge in [0.1, 0.15) is 5.82 Å². The molecule has 0 unspecified atom stereocenters. The Kier molecular flexibility index (Phi) is 3.88. The van der Waals surface area contributed by atoms with E-state index in [9.17, 15) is 4.39 Å². The molecule has 0 aliphatic heterocycles. The van der Waals surface area contributed by atoms with E-state index in [1.807, 2.05) is 0 Å². The SMILES string of the molecule is Fc1cc(Br)ccc1CSc1nnc(-c2ccco2)o1. The third-order valence-electron chi connectivity index (χ3n) is 2.50. The third kappa shape index (κ3) is 2.94. The van der Waals surface area contributed by atoms with Crippen LogP contribution in [0, 0.1) is 5.82 Å². The van der Waals surface area contributed by atoms with Crippen molar-refractivity contribution in [1.29, 1.82) is 0 Å². The monoisotopic (exact) mass is 354 g/mol. The van der Waals surface area contributed by atoms with Gasteiger partial charge in [0.15, 0.2) is 5.76 Å². The Morgan fingerprint density at radius 1 is 1.25 bits per heavy atom. The maximum Gasteiger partial charge on any atom is 0.284 e. The fraction of sp³-hybridized carbons (Fsp3) is 0.0769. The Balaban J connectivity index is 1.70. The molecule has 4 nitrogen and oxygen atoms in total. The van der Waals surface area contributed by atoms with E-state index >= 15 is 0 Å². The molecule has 0 saturated heterocycles. The van der Waals surface area contributed by atoms with Gasteiger partial charge in [-0.2, -0.15) is 0 Å². The molecule has 3 aromatic rings. The standard InChI is InChI=1S/C13H8BrFN2O2S/c14-9-4-3-8(10(15)6-9)7-20-13-17-16-12(19-13)11-2-1-5-18-11/h1-6H,7H2. The smallest absolute Gasteiger partial charge is 0.284 e.